The average molecular weight is 364 g/mol. The summed E-state index contributed by atoms with van der Waals surface area (Å²) < 4.78 is 7.39. The number of carbonyl (C=O) groups is 2. The van der Waals surface area contributed by atoms with E-state index in [1.807, 2.05) is 23.9 Å². The highest BCUT2D eigenvalue weighted by molar-refractivity contribution is 5.95. The van der Waals surface area contributed by atoms with E-state index in [-0.39, 0.29) is 17.7 Å². The highest BCUT2D eigenvalue weighted by Gasteiger charge is 2.35. The fourth-order valence-corrected chi connectivity index (χ4v) is 3.16. The van der Waals surface area contributed by atoms with Crippen molar-refractivity contribution in [2.75, 3.05) is 0 Å². The number of benzene rings is 1. The normalized spacial score (nSPS) is 14.7. The third kappa shape index (κ3) is 3.48. The number of hydrogen-bond donors (Lipinski definition) is 2. The summed E-state index contributed by atoms with van der Waals surface area (Å²) in [6, 6.07) is 10.2. The second-order valence-electron chi connectivity index (χ2n) is 6.79. The van der Waals surface area contributed by atoms with Crippen molar-refractivity contribution in [1.82, 2.24) is 14.9 Å². The SMILES string of the molecule is Cn1ccnc1[C@H](NC(=O)c1cccc(-c2ccc(C(N)=O)o2)c1)C1CC1. The van der Waals surface area contributed by atoms with E-state index in [4.69, 9.17) is 10.2 Å². The smallest absolute Gasteiger partial charge is 0.284 e. The van der Waals surface area contributed by atoms with Gasteiger partial charge in [0.1, 0.15) is 11.6 Å². The quantitative estimate of drug-likeness (QED) is 0.702. The number of nitrogens with zero attached hydrogens (tertiary/aromatic N) is 2. The van der Waals surface area contributed by atoms with Crippen LogP contribution in [0.15, 0.2) is 53.2 Å². The molecule has 3 aromatic rings. The lowest BCUT2D eigenvalue weighted by atomic mass is 10.1. The van der Waals surface area contributed by atoms with Gasteiger partial charge in [0, 0.05) is 30.6 Å². The Balaban J connectivity index is 1.56. The third-order valence-electron chi connectivity index (χ3n) is 4.77. The van der Waals surface area contributed by atoms with E-state index in [9.17, 15) is 9.59 Å². The predicted molar refractivity (Wildman–Crippen MR) is 98.8 cm³/mol. The van der Waals surface area contributed by atoms with E-state index in [0.717, 1.165) is 18.7 Å². The fraction of sp³-hybridized carbons (Fsp3) is 0.250. The molecule has 0 spiro atoms. The molecule has 2 aromatic heterocycles. The third-order valence-corrected chi connectivity index (χ3v) is 4.77. The summed E-state index contributed by atoms with van der Waals surface area (Å²) in [6.07, 6.45) is 5.79. The van der Waals surface area contributed by atoms with Crippen LogP contribution in [-0.4, -0.2) is 21.4 Å². The van der Waals surface area contributed by atoms with Gasteiger partial charge in [-0.25, -0.2) is 4.98 Å². The molecule has 1 aromatic carbocycles. The van der Waals surface area contributed by atoms with Gasteiger partial charge in [0.05, 0.1) is 6.04 Å². The molecule has 7 heteroatoms. The molecular formula is C20H20N4O3. The van der Waals surface area contributed by atoms with Crippen molar-refractivity contribution in [1.29, 1.82) is 0 Å². The number of carbonyl (C=O) groups excluding carboxylic acids is 2. The van der Waals surface area contributed by atoms with Crippen LogP contribution in [0.5, 0.6) is 0 Å². The van der Waals surface area contributed by atoms with E-state index < -0.39 is 5.91 Å². The van der Waals surface area contributed by atoms with Crippen molar-refractivity contribution < 1.29 is 14.0 Å². The number of imidazole rings is 1. The van der Waals surface area contributed by atoms with Gasteiger partial charge in [-0.2, -0.15) is 0 Å². The van der Waals surface area contributed by atoms with Crippen LogP contribution >= 0.6 is 0 Å². The number of nitrogens with two attached hydrogens (primary N) is 1. The summed E-state index contributed by atoms with van der Waals surface area (Å²) in [5.74, 6) is 1.06. The van der Waals surface area contributed by atoms with Gasteiger partial charge in [0.2, 0.25) is 0 Å². The van der Waals surface area contributed by atoms with Gasteiger partial charge in [0.25, 0.3) is 11.8 Å². The molecule has 1 aliphatic carbocycles. The predicted octanol–water partition coefficient (Wildman–Crippen LogP) is 2.66. The zero-order valence-corrected chi connectivity index (χ0v) is 14.9. The number of primary amides is 1. The molecule has 138 valence electrons. The molecule has 0 aliphatic heterocycles. The lowest BCUT2D eigenvalue weighted by Gasteiger charge is -2.18. The zero-order chi connectivity index (χ0) is 19.0. The minimum absolute atomic E-state index is 0.0865. The summed E-state index contributed by atoms with van der Waals surface area (Å²) in [4.78, 5) is 28.4. The van der Waals surface area contributed by atoms with Crippen LogP contribution in [0.4, 0.5) is 0 Å². The van der Waals surface area contributed by atoms with Gasteiger partial charge >= 0.3 is 0 Å². The summed E-state index contributed by atoms with van der Waals surface area (Å²) in [6.45, 7) is 0. The molecule has 1 aliphatic rings. The molecule has 0 radical (unpaired) electrons. The lowest BCUT2D eigenvalue weighted by molar-refractivity contribution is 0.0927. The van der Waals surface area contributed by atoms with Crippen molar-refractivity contribution in [3.63, 3.8) is 0 Å². The maximum absolute atomic E-state index is 12.8. The highest BCUT2D eigenvalue weighted by atomic mass is 16.3. The summed E-state index contributed by atoms with van der Waals surface area (Å²) in [5, 5.41) is 3.11. The number of aromatic nitrogens is 2. The van der Waals surface area contributed by atoms with E-state index in [0.29, 0.717) is 22.8 Å². The zero-order valence-electron chi connectivity index (χ0n) is 14.9. The van der Waals surface area contributed by atoms with Crippen LogP contribution in [0.2, 0.25) is 0 Å². The topological polar surface area (TPSA) is 103 Å². The van der Waals surface area contributed by atoms with Gasteiger partial charge in [-0.15, -0.1) is 0 Å². The minimum atomic E-state index is -0.627. The highest BCUT2D eigenvalue weighted by Crippen LogP contribution is 2.40. The van der Waals surface area contributed by atoms with Gasteiger partial charge in [-0.1, -0.05) is 12.1 Å². The molecule has 4 rings (SSSR count). The summed E-state index contributed by atoms with van der Waals surface area (Å²) in [7, 11) is 1.93. The van der Waals surface area contributed by atoms with Crippen molar-refractivity contribution in [3.8, 4) is 11.3 Å². The monoisotopic (exact) mass is 364 g/mol. The van der Waals surface area contributed by atoms with Crippen molar-refractivity contribution in [2.45, 2.75) is 18.9 Å². The summed E-state index contributed by atoms with van der Waals surface area (Å²) >= 11 is 0. The van der Waals surface area contributed by atoms with Gasteiger partial charge in [-0.3, -0.25) is 9.59 Å². The van der Waals surface area contributed by atoms with Crippen LogP contribution in [-0.2, 0) is 7.05 Å². The Hall–Kier alpha value is -3.35. The maximum atomic E-state index is 12.8. The number of nitrogens with one attached hydrogen (secondary N) is 1. The second-order valence-corrected chi connectivity index (χ2v) is 6.79. The molecule has 2 heterocycles. The van der Waals surface area contributed by atoms with Crippen LogP contribution in [0.25, 0.3) is 11.3 Å². The van der Waals surface area contributed by atoms with Crippen LogP contribution < -0.4 is 11.1 Å². The van der Waals surface area contributed by atoms with E-state index in [1.165, 1.54) is 6.07 Å². The average Bonchev–Trinajstić information content (AvgIpc) is 3.21. The van der Waals surface area contributed by atoms with E-state index >= 15 is 0 Å². The Labute approximate surface area is 156 Å². The first-order valence-corrected chi connectivity index (χ1v) is 8.81. The number of amides is 2. The molecule has 3 N–H and O–H groups in total. The van der Waals surface area contributed by atoms with Crippen molar-refractivity contribution >= 4 is 11.8 Å². The fourth-order valence-electron chi connectivity index (χ4n) is 3.16. The number of furan rings is 1. The van der Waals surface area contributed by atoms with Crippen LogP contribution in [0.3, 0.4) is 0 Å². The van der Waals surface area contributed by atoms with Gasteiger partial charge in [-0.05, 0) is 43.0 Å². The lowest BCUT2D eigenvalue weighted by Crippen LogP contribution is -2.31. The van der Waals surface area contributed by atoms with Crippen molar-refractivity contribution in [2.24, 2.45) is 18.7 Å². The number of rotatable bonds is 6. The number of aryl methyl sites for hydroxylation is 1. The molecule has 0 unspecified atom stereocenters. The van der Waals surface area contributed by atoms with Gasteiger partial charge < -0.3 is 20.0 Å². The van der Waals surface area contributed by atoms with Crippen molar-refractivity contribution in [3.05, 3.63) is 65.9 Å². The Kier molecular flexibility index (Phi) is 4.27. The molecule has 1 fully saturated rings. The Bertz CT molecular complexity index is 1000. The molecule has 1 saturated carbocycles. The molecule has 27 heavy (non-hydrogen) atoms. The largest absolute Gasteiger partial charge is 0.451 e. The molecule has 2 amide bonds. The molecule has 0 saturated heterocycles. The summed E-state index contributed by atoms with van der Waals surface area (Å²) in [5.41, 5.74) is 6.45. The van der Waals surface area contributed by atoms with Gasteiger partial charge in [0.15, 0.2) is 5.76 Å². The van der Waals surface area contributed by atoms with E-state index in [1.54, 1.807) is 30.5 Å². The minimum Gasteiger partial charge on any atom is -0.451 e. The van der Waals surface area contributed by atoms with E-state index in [2.05, 4.69) is 10.3 Å². The molecule has 7 nitrogen and oxygen atoms in total. The second kappa shape index (κ2) is 6.75. The van der Waals surface area contributed by atoms with Crippen LogP contribution in [0, 0.1) is 5.92 Å². The standard InChI is InChI=1S/C20H20N4O3/c1-24-10-9-22-19(24)17(12-5-6-12)23-20(26)14-4-2-3-13(11-14)15-7-8-16(27-15)18(21)25/h2-4,7-12,17H,5-6H2,1H3,(H2,21,25)(H,23,26)/t17-/m1/s1. The Morgan fingerprint density at radius 1 is 1.30 bits per heavy atom. The Morgan fingerprint density at radius 2 is 2.11 bits per heavy atom. The first-order valence-electron chi connectivity index (χ1n) is 8.81. The Morgan fingerprint density at radius 3 is 2.74 bits per heavy atom. The number of hydrogen-bond acceptors (Lipinski definition) is 4. The van der Waals surface area contributed by atoms with Crippen LogP contribution in [0.1, 0.15) is 45.6 Å². The first kappa shape index (κ1) is 17.1. The molecule has 0 bridgehead atoms. The first-order chi connectivity index (χ1) is 13.0. The molecule has 1 atom stereocenters. The maximum Gasteiger partial charge on any atom is 0.284 e. The molecular weight excluding hydrogens is 344 g/mol.